The fraction of sp³-hybridized carbons (Fsp3) is 0.782. The van der Waals surface area contributed by atoms with Gasteiger partial charge >= 0.3 is 11.9 Å². The number of carbonyl (C=O) groups is 2. The molecule has 0 aliphatic carbocycles. The summed E-state index contributed by atoms with van der Waals surface area (Å²) in [5.41, 5.74) is 0. The smallest absolute Gasteiger partial charge is 0.306 e. The highest BCUT2D eigenvalue weighted by atomic mass is 16.6. The van der Waals surface area contributed by atoms with Crippen molar-refractivity contribution in [2.24, 2.45) is 0 Å². The van der Waals surface area contributed by atoms with Crippen LogP contribution in [0.1, 0.15) is 252 Å². The number of carbonyl (C=O) groups excluding carboxylic acids is 2. The quantitative estimate of drug-likeness (QED) is 0.0347. The number of hydrogen-bond donors (Lipinski definition) is 0. The van der Waals surface area contributed by atoms with Crippen molar-refractivity contribution in [1.82, 2.24) is 0 Å². The van der Waals surface area contributed by atoms with E-state index >= 15 is 0 Å². The minimum atomic E-state index is -0.553. The Morgan fingerprint density at radius 3 is 1.27 bits per heavy atom. The van der Waals surface area contributed by atoms with Crippen molar-refractivity contribution in [3.63, 3.8) is 0 Å². The van der Waals surface area contributed by atoms with E-state index in [2.05, 4.69) is 81.5 Å². The van der Waals surface area contributed by atoms with Crippen molar-refractivity contribution in [3.05, 3.63) is 60.8 Å². The summed E-state index contributed by atoms with van der Waals surface area (Å²) in [7, 11) is 0. The summed E-state index contributed by atoms with van der Waals surface area (Å²) in [6.45, 7) is 7.61. The zero-order chi connectivity index (χ0) is 43.5. The average molecular weight is 839 g/mol. The maximum absolute atomic E-state index is 12.8. The molecule has 5 heteroatoms. The molecule has 0 fully saturated rings. The van der Waals surface area contributed by atoms with Crippen molar-refractivity contribution in [2.45, 2.75) is 258 Å². The molecule has 0 amide bonds. The van der Waals surface area contributed by atoms with Crippen molar-refractivity contribution < 1.29 is 23.8 Å². The second-order valence-corrected chi connectivity index (χ2v) is 17.0. The highest BCUT2D eigenvalue weighted by molar-refractivity contribution is 5.70. The van der Waals surface area contributed by atoms with Gasteiger partial charge in [-0.2, -0.15) is 0 Å². The van der Waals surface area contributed by atoms with E-state index in [9.17, 15) is 9.59 Å². The first-order chi connectivity index (χ1) is 29.6. The third kappa shape index (κ3) is 48.3. The fourth-order valence-electron chi connectivity index (χ4n) is 7.21. The summed E-state index contributed by atoms with van der Waals surface area (Å²) in [4.78, 5) is 25.4. The largest absolute Gasteiger partial charge is 0.462 e. The normalized spacial score (nSPS) is 12.7. The van der Waals surface area contributed by atoms with Crippen LogP contribution in [-0.2, 0) is 23.8 Å². The molecule has 0 aromatic heterocycles. The number of hydrogen-bond acceptors (Lipinski definition) is 5. The predicted octanol–water partition coefficient (Wildman–Crippen LogP) is 17.3. The van der Waals surface area contributed by atoms with Gasteiger partial charge in [0.25, 0.3) is 0 Å². The van der Waals surface area contributed by atoms with E-state index in [1.54, 1.807) is 0 Å². The van der Waals surface area contributed by atoms with E-state index in [1.165, 1.54) is 135 Å². The van der Waals surface area contributed by atoms with Gasteiger partial charge in [0.15, 0.2) is 6.10 Å². The van der Waals surface area contributed by atoms with Crippen LogP contribution in [0, 0.1) is 0 Å². The minimum absolute atomic E-state index is 0.0718. The van der Waals surface area contributed by atoms with Crippen LogP contribution in [0.5, 0.6) is 0 Å². The number of unbranched alkanes of at least 4 members (excludes halogenated alkanes) is 26. The minimum Gasteiger partial charge on any atom is -0.462 e. The molecule has 348 valence electrons. The topological polar surface area (TPSA) is 61.8 Å². The Hall–Kier alpha value is -2.40. The first-order valence-corrected chi connectivity index (χ1v) is 25.8. The van der Waals surface area contributed by atoms with Gasteiger partial charge in [-0.3, -0.25) is 9.59 Å². The van der Waals surface area contributed by atoms with Crippen LogP contribution in [-0.4, -0.2) is 37.9 Å². The molecule has 60 heavy (non-hydrogen) atoms. The number of ether oxygens (including phenoxy) is 3. The maximum Gasteiger partial charge on any atom is 0.306 e. The zero-order valence-corrected chi connectivity index (χ0v) is 40.0. The molecule has 0 bridgehead atoms. The summed E-state index contributed by atoms with van der Waals surface area (Å²) >= 11 is 0. The standard InChI is InChI=1S/C55H98O5/c1-4-7-10-13-16-19-22-25-27-28-29-31-33-36-39-42-45-48-54(56)59-52-53(51-58-50-47-44-41-38-35-32-26-23-20-17-14-11-8-5-2)60-55(57)49-46-43-40-37-34-30-24-21-18-15-12-9-6-3/h8,11-12,15,17,20-21,24,26,32,53H,4-7,9-10,13-14,16,18-19,22-23,25,27-31,33-52H2,1-3H3/b11-8-,15-12-,20-17-,24-21-,32-26-. The molecule has 0 saturated heterocycles. The van der Waals surface area contributed by atoms with E-state index in [0.29, 0.717) is 19.4 Å². The second-order valence-electron chi connectivity index (χ2n) is 17.0. The molecule has 0 aliphatic rings. The van der Waals surface area contributed by atoms with Crippen LogP contribution < -0.4 is 0 Å². The molecule has 0 radical (unpaired) electrons. The maximum atomic E-state index is 12.8. The molecule has 0 saturated carbocycles. The van der Waals surface area contributed by atoms with Crippen LogP contribution in [0.4, 0.5) is 0 Å². The summed E-state index contributed by atoms with van der Waals surface area (Å²) < 4.78 is 17.4. The predicted molar refractivity (Wildman–Crippen MR) is 261 cm³/mol. The molecular formula is C55H98O5. The first-order valence-electron chi connectivity index (χ1n) is 25.8. The Labute approximate surface area is 373 Å². The van der Waals surface area contributed by atoms with E-state index < -0.39 is 6.10 Å². The number of rotatable bonds is 47. The van der Waals surface area contributed by atoms with Gasteiger partial charge in [-0.15, -0.1) is 0 Å². The van der Waals surface area contributed by atoms with Crippen molar-refractivity contribution in [1.29, 1.82) is 0 Å². The Kier molecular flexibility index (Phi) is 48.9. The molecular weight excluding hydrogens is 741 g/mol. The molecule has 1 unspecified atom stereocenters. The Morgan fingerprint density at radius 2 is 0.783 bits per heavy atom. The summed E-state index contributed by atoms with van der Waals surface area (Å²) in [6.07, 6.45) is 63.7. The van der Waals surface area contributed by atoms with Crippen molar-refractivity contribution in [2.75, 3.05) is 19.8 Å². The summed E-state index contributed by atoms with van der Waals surface area (Å²) in [5.74, 6) is -0.419. The fourth-order valence-corrected chi connectivity index (χ4v) is 7.21. The van der Waals surface area contributed by atoms with Gasteiger partial charge in [-0.05, 0) is 77.0 Å². The SMILES string of the molecule is CC/C=C\C/C=C\C/C=C\CCCCCCOCC(COC(=O)CCCCCCCCCCCCCCCCCCC)OC(=O)CCCCCCC/C=C\C/C=C\CCC. The van der Waals surface area contributed by atoms with E-state index in [0.717, 1.165) is 83.5 Å². The Morgan fingerprint density at radius 1 is 0.383 bits per heavy atom. The molecule has 0 heterocycles. The third-order valence-electron chi connectivity index (χ3n) is 11.0. The third-order valence-corrected chi connectivity index (χ3v) is 11.0. The van der Waals surface area contributed by atoms with Crippen LogP contribution in [0.3, 0.4) is 0 Å². The van der Waals surface area contributed by atoms with Crippen LogP contribution in [0.25, 0.3) is 0 Å². The van der Waals surface area contributed by atoms with Gasteiger partial charge in [0, 0.05) is 19.4 Å². The molecule has 0 N–H and O–H groups in total. The lowest BCUT2D eigenvalue weighted by Crippen LogP contribution is -2.30. The molecule has 0 aromatic rings. The lowest BCUT2D eigenvalue weighted by Gasteiger charge is -2.18. The highest BCUT2D eigenvalue weighted by Crippen LogP contribution is 2.15. The second kappa shape index (κ2) is 51.0. The van der Waals surface area contributed by atoms with Gasteiger partial charge in [-0.1, -0.05) is 223 Å². The molecule has 0 aromatic carbocycles. The van der Waals surface area contributed by atoms with Crippen LogP contribution in [0.15, 0.2) is 60.8 Å². The Bertz CT molecular complexity index is 1040. The number of esters is 2. The zero-order valence-electron chi connectivity index (χ0n) is 40.0. The number of allylic oxidation sites excluding steroid dienone is 10. The lowest BCUT2D eigenvalue weighted by atomic mass is 10.0. The van der Waals surface area contributed by atoms with E-state index in [1.807, 2.05) is 0 Å². The highest BCUT2D eigenvalue weighted by Gasteiger charge is 2.17. The molecule has 1 atom stereocenters. The van der Waals surface area contributed by atoms with Gasteiger partial charge in [-0.25, -0.2) is 0 Å². The molecule has 0 aliphatic heterocycles. The van der Waals surface area contributed by atoms with Crippen molar-refractivity contribution >= 4 is 11.9 Å². The van der Waals surface area contributed by atoms with Gasteiger partial charge in [0.05, 0.1) is 6.61 Å². The van der Waals surface area contributed by atoms with E-state index in [-0.39, 0.29) is 25.2 Å². The molecule has 0 rings (SSSR count). The van der Waals surface area contributed by atoms with Gasteiger partial charge in [0.1, 0.15) is 6.61 Å². The molecule has 0 spiro atoms. The summed E-state index contributed by atoms with van der Waals surface area (Å²) in [5, 5.41) is 0. The van der Waals surface area contributed by atoms with Crippen LogP contribution >= 0.6 is 0 Å². The lowest BCUT2D eigenvalue weighted by molar-refractivity contribution is -0.163. The average Bonchev–Trinajstić information content (AvgIpc) is 3.25. The first kappa shape index (κ1) is 57.6. The van der Waals surface area contributed by atoms with Crippen molar-refractivity contribution in [3.8, 4) is 0 Å². The molecule has 5 nitrogen and oxygen atoms in total. The monoisotopic (exact) mass is 839 g/mol. The van der Waals surface area contributed by atoms with Crippen LogP contribution in [0.2, 0.25) is 0 Å². The van der Waals surface area contributed by atoms with Gasteiger partial charge in [0.2, 0.25) is 0 Å². The van der Waals surface area contributed by atoms with Gasteiger partial charge < -0.3 is 14.2 Å². The summed E-state index contributed by atoms with van der Waals surface area (Å²) in [6, 6.07) is 0. The van der Waals surface area contributed by atoms with E-state index in [4.69, 9.17) is 14.2 Å². The Balaban J connectivity index is 4.27.